The number of hydrogen-bond acceptors (Lipinski definition) is 2. The fourth-order valence-corrected chi connectivity index (χ4v) is 1.11. The Balaban J connectivity index is 0.000000288. The van der Waals surface area contributed by atoms with E-state index in [9.17, 15) is 0 Å². The predicted molar refractivity (Wildman–Crippen MR) is 70.7 cm³/mol. The van der Waals surface area contributed by atoms with E-state index >= 15 is 0 Å². The Morgan fingerprint density at radius 2 is 1.75 bits per heavy atom. The summed E-state index contributed by atoms with van der Waals surface area (Å²) in [5.74, 6) is 1.22. The number of aromatic hydroxyl groups is 1. The molecule has 0 bridgehead atoms. The van der Waals surface area contributed by atoms with Crippen LogP contribution in [0.2, 0.25) is 0 Å². The second-order valence-electron chi connectivity index (χ2n) is 4.44. The van der Waals surface area contributed by atoms with Crippen molar-refractivity contribution in [1.82, 2.24) is 4.90 Å². The highest BCUT2D eigenvalue weighted by molar-refractivity contribution is 5.18. The van der Waals surface area contributed by atoms with Gasteiger partial charge in [-0.1, -0.05) is 38.5 Å². The van der Waals surface area contributed by atoms with Crippen LogP contribution in [0.1, 0.15) is 26.7 Å². The minimum absolute atomic E-state index is 0.322. The number of para-hydroxylation sites is 1. The van der Waals surface area contributed by atoms with Gasteiger partial charge in [0.15, 0.2) is 0 Å². The minimum atomic E-state index is 0.322. The van der Waals surface area contributed by atoms with Crippen LogP contribution in [0.25, 0.3) is 0 Å². The highest BCUT2D eigenvalue weighted by atomic mass is 16.3. The summed E-state index contributed by atoms with van der Waals surface area (Å²) >= 11 is 0. The van der Waals surface area contributed by atoms with Gasteiger partial charge in [0.1, 0.15) is 5.75 Å². The monoisotopic (exact) mass is 223 g/mol. The molecule has 1 rings (SSSR count). The summed E-state index contributed by atoms with van der Waals surface area (Å²) in [5, 5.41) is 8.63. The fourth-order valence-electron chi connectivity index (χ4n) is 1.11. The fraction of sp³-hybridized carbons (Fsp3) is 0.571. The molecular formula is C14H25NO. The zero-order valence-corrected chi connectivity index (χ0v) is 11.0. The topological polar surface area (TPSA) is 23.5 Å². The van der Waals surface area contributed by atoms with Crippen molar-refractivity contribution < 1.29 is 5.11 Å². The Morgan fingerprint density at radius 3 is 2.06 bits per heavy atom. The number of benzene rings is 1. The van der Waals surface area contributed by atoms with Crippen LogP contribution < -0.4 is 0 Å². The van der Waals surface area contributed by atoms with Crippen molar-refractivity contribution in [1.29, 1.82) is 0 Å². The lowest BCUT2D eigenvalue weighted by Gasteiger charge is -2.12. The Hall–Kier alpha value is -1.02. The molecule has 0 aliphatic heterocycles. The van der Waals surface area contributed by atoms with Crippen LogP contribution in [-0.4, -0.2) is 30.6 Å². The van der Waals surface area contributed by atoms with Crippen molar-refractivity contribution in [3.8, 4) is 5.75 Å². The van der Waals surface area contributed by atoms with Crippen LogP contribution in [0.4, 0.5) is 0 Å². The van der Waals surface area contributed by atoms with Crippen LogP contribution in [-0.2, 0) is 0 Å². The molecule has 0 aliphatic rings. The number of nitrogens with zero attached hydrogens (tertiary/aromatic N) is 1. The molecule has 1 unspecified atom stereocenters. The van der Waals surface area contributed by atoms with Crippen LogP contribution in [0, 0.1) is 5.92 Å². The smallest absolute Gasteiger partial charge is 0.115 e. The average molecular weight is 223 g/mol. The molecule has 0 aliphatic carbocycles. The number of phenolic OH excluding ortho intramolecular Hbond substituents is 1. The van der Waals surface area contributed by atoms with Gasteiger partial charge in [0.2, 0.25) is 0 Å². The van der Waals surface area contributed by atoms with E-state index in [4.69, 9.17) is 5.11 Å². The van der Waals surface area contributed by atoms with Crippen LogP contribution in [0.15, 0.2) is 30.3 Å². The minimum Gasteiger partial charge on any atom is -0.508 e. The van der Waals surface area contributed by atoms with E-state index in [0.717, 1.165) is 5.92 Å². The molecule has 0 spiro atoms. The molecule has 1 aromatic carbocycles. The van der Waals surface area contributed by atoms with Crippen molar-refractivity contribution >= 4 is 0 Å². The molecule has 92 valence electrons. The van der Waals surface area contributed by atoms with E-state index in [2.05, 4.69) is 32.8 Å². The quantitative estimate of drug-likeness (QED) is 0.846. The maximum absolute atomic E-state index is 8.63. The van der Waals surface area contributed by atoms with E-state index in [1.807, 2.05) is 6.07 Å². The second kappa shape index (κ2) is 9.22. The van der Waals surface area contributed by atoms with Gasteiger partial charge >= 0.3 is 0 Å². The van der Waals surface area contributed by atoms with Gasteiger partial charge in [-0.05, 0) is 45.1 Å². The molecule has 0 saturated heterocycles. The van der Waals surface area contributed by atoms with Gasteiger partial charge in [-0.25, -0.2) is 0 Å². The summed E-state index contributed by atoms with van der Waals surface area (Å²) < 4.78 is 0. The van der Waals surface area contributed by atoms with Crippen LogP contribution in [0.3, 0.4) is 0 Å². The lowest BCUT2D eigenvalue weighted by Crippen LogP contribution is -2.15. The van der Waals surface area contributed by atoms with Gasteiger partial charge in [-0.3, -0.25) is 0 Å². The van der Waals surface area contributed by atoms with E-state index in [1.54, 1.807) is 24.3 Å². The molecule has 16 heavy (non-hydrogen) atoms. The van der Waals surface area contributed by atoms with Crippen molar-refractivity contribution in [3.05, 3.63) is 30.3 Å². The summed E-state index contributed by atoms with van der Waals surface area (Å²) in [6.45, 7) is 5.79. The third-order valence-corrected chi connectivity index (χ3v) is 2.52. The zero-order chi connectivity index (χ0) is 12.4. The van der Waals surface area contributed by atoms with Crippen molar-refractivity contribution in [2.45, 2.75) is 26.7 Å². The standard InChI is InChI=1S/C8H19N.C6H6O/c1-5-8(2)6-7-9(3)4;7-6-4-2-1-3-5-6/h8H,5-7H2,1-4H3;1-5,7H. The molecule has 0 amide bonds. The molecule has 2 nitrogen and oxygen atoms in total. The van der Waals surface area contributed by atoms with E-state index < -0.39 is 0 Å². The SMILES string of the molecule is CCC(C)CCN(C)C.Oc1ccccc1. The summed E-state index contributed by atoms with van der Waals surface area (Å²) in [4.78, 5) is 2.24. The molecule has 0 fully saturated rings. The van der Waals surface area contributed by atoms with Gasteiger partial charge in [0.25, 0.3) is 0 Å². The molecule has 0 radical (unpaired) electrons. The van der Waals surface area contributed by atoms with Crippen molar-refractivity contribution in [2.75, 3.05) is 20.6 Å². The average Bonchev–Trinajstić information content (AvgIpc) is 2.27. The zero-order valence-electron chi connectivity index (χ0n) is 11.0. The highest BCUT2D eigenvalue weighted by Gasteiger charge is 1.97. The van der Waals surface area contributed by atoms with Gasteiger partial charge in [0.05, 0.1) is 0 Å². The Labute approximate surface area is 99.9 Å². The predicted octanol–water partition coefficient (Wildman–Crippen LogP) is 3.38. The van der Waals surface area contributed by atoms with E-state index in [-0.39, 0.29) is 0 Å². The van der Waals surface area contributed by atoms with Crippen molar-refractivity contribution in [3.63, 3.8) is 0 Å². The van der Waals surface area contributed by atoms with Gasteiger partial charge in [-0.15, -0.1) is 0 Å². The maximum atomic E-state index is 8.63. The first-order valence-electron chi connectivity index (χ1n) is 5.95. The summed E-state index contributed by atoms with van der Waals surface area (Å²) in [7, 11) is 4.25. The molecule has 0 heterocycles. The van der Waals surface area contributed by atoms with Crippen LogP contribution in [0.5, 0.6) is 5.75 Å². The first-order chi connectivity index (χ1) is 7.56. The third kappa shape index (κ3) is 9.53. The molecule has 1 N–H and O–H groups in total. The lowest BCUT2D eigenvalue weighted by atomic mass is 10.1. The largest absolute Gasteiger partial charge is 0.508 e. The Morgan fingerprint density at radius 1 is 1.19 bits per heavy atom. The summed E-state index contributed by atoms with van der Waals surface area (Å²) in [6, 6.07) is 8.71. The van der Waals surface area contributed by atoms with Crippen molar-refractivity contribution in [2.24, 2.45) is 5.92 Å². The second-order valence-corrected chi connectivity index (χ2v) is 4.44. The first kappa shape index (κ1) is 15.0. The van der Waals surface area contributed by atoms with Crippen LogP contribution >= 0.6 is 0 Å². The Bertz CT molecular complexity index is 246. The van der Waals surface area contributed by atoms with Gasteiger partial charge in [-0.2, -0.15) is 0 Å². The molecule has 0 saturated carbocycles. The first-order valence-corrected chi connectivity index (χ1v) is 5.95. The summed E-state index contributed by atoms with van der Waals surface area (Å²) in [5.41, 5.74) is 0. The Kier molecular flexibility index (Phi) is 8.64. The normalized spacial score (nSPS) is 11.8. The molecular weight excluding hydrogens is 198 g/mol. The number of hydrogen-bond donors (Lipinski definition) is 1. The third-order valence-electron chi connectivity index (χ3n) is 2.52. The van der Waals surface area contributed by atoms with Gasteiger partial charge in [0, 0.05) is 0 Å². The molecule has 2 heteroatoms. The number of phenols is 1. The molecule has 1 atom stereocenters. The highest BCUT2D eigenvalue weighted by Crippen LogP contribution is 2.05. The van der Waals surface area contributed by atoms with E-state index in [0.29, 0.717) is 5.75 Å². The van der Waals surface area contributed by atoms with Gasteiger partial charge < -0.3 is 10.0 Å². The molecule has 1 aromatic rings. The van der Waals surface area contributed by atoms with E-state index in [1.165, 1.54) is 19.4 Å². The summed E-state index contributed by atoms with van der Waals surface area (Å²) in [6.07, 6.45) is 2.65. The number of rotatable bonds is 4. The maximum Gasteiger partial charge on any atom is 0.115 e. The lowest BCUT2D eigenvalue weighted by molar-refractivity contribution is 0.356. The molecule has 0 aromatic heterocycles.